The molecular formula is C9H18O2S2. The fourth-order valence-electron chi connectivity index (χ4n) is 1.59. The van der Waals surface area contributed by atoms with Crippen LogP contribution in [0.5, 0.6) is 0 Å². The second-order valence-corrected chi connectivity index (χ2v) is 6.14. The maximum Gasteiger partial charge on any atom is 0.0702 e. The molecule has 1 saturated heterocycles. The molecule has 0 aromatic carbocycles. The molecule has 78 valence electrons. The molecule has 0 aromatic rings. The molecular weight excluding hydrogens is 204 g/mol. The maximum atomic E-state index is 8.70. The minimum Gasteiger partial charge on any atom is -0.395 e. The summed E-state index contributed by atoms with van der Waals surface area (Å²) in [7, 11) is 3.66. The summed E-state index contributed by atoms with van der Waals surface area (Å²) in [5, 5.41) is 8.70. The molecule has 1 N–H and O–H groups in total. The highest BCUT2D eigenvalue weighted by Gasteiger charge is 2.40. The normalized spacial score (nSPS) is 33.9. The molecule has 0 saturated carbocycles. The van der Waals surface area contributed by atoms with E-state index in [-0.39, 0.29) is 6.61 Å². The molecule has 1 heterocycles. The zero-order chi connectivity index (χ0) is 9.73. The first-order chi connectivity index (χ1) is 6.25. The van der Waals surface area contributed by atoms with Crippen LogP contribution in [0.2, 0.25) is 0 Å². The van der Waals surface area contributed by atoms with Crippen molar-refractivity contribution in [3.8, 4) is 0 Å². The van der Waals surface area contributed by atoms with Crippen LogP contribution in [0.1, 0.15) is 26.7 Å². The Hall–Kier alpha value is 0.620. The summed E-state index contributed by atoms with van der Waals surface area (Å²) >= 11 is 0. The molecule has 1 rings (SSSR count). The molecule has 0 aromatic heterocycles. The van der Waals surface area contributed by atoms with Crippen LogP contribution in [0.4, 0.5) is 0 Å². The first-order valence-electron chi connectivity index (χ1n) is 4.78. The van der Waals surface area contributed by atoms with Crippen molar-refractivity contribution < 1.29 is 9.84 Å². The standard InChI is InChI=1S/C9H18O2S2/c1-3-9(13-12-7-5-10)4-6-11-8(9)2/h8,10H,3-7H2,1-2H3. The third-order valence-corrected chi connectivity index (χ3v) is 6.11. The molecule has 0 bridgehead atoms. The Balaban J connectivity index is 2.39. The van der Waals surface area contributed by atoms with Gasteiger partial charge in [-0.2, -0.15) is 0 Å². The minimum atomic E-state index is 0.271. The van der Waals surface area contributed by atoms with E-state index in [1.807, 2.05) is 10.8 Å². The number of rotatable bonds is 5. The van der Waals surface area contributed by atoms with Crippen molar-refractivity contribution in [2.75, 3.05) is 19.0 Å². The van der Waals surface area contributed by atoms with Crippen molar-refractivity contribution in [1.82, 2.24) is 0 Å². The van der Waals surface area contributed by atoms with Crippen LogP contribution in [0.15, 0.2) is 0 Å². The first-order valence-corrected chi connectivity index (χ1v) is 7.10. The molecule has 0 radical (unpaired) electrons. The Labute approximate surface area is 88.2 Å². The van der Waals surface area contributed by atoms with Crippen LogP contribution in [0.3, 0.4) is 0 Å². The van der Waals surface area contributed by atoms with E-state index >= 15 is 0 Å². The van der Waals surface area contributed by atoms with Gasteiger partial charge in [0.2, 0.25) is 0 Å². The lowest BCUT2D eigenvalue weighted by Gasteiger charge is -2.29. The lowest BCUT2D eigenvalue weighted by atomic mass is 9.99. The number of hydrogen-bond acceptors (Lipinski definition) is 4. The van der Waals surface area contributed by atoms with Crippen LogP contribution < -0.4 is 0 Å². The molecule has 1 aliphatic rings. The van der Waals surface area contributed by atoms with E-state index in [4.69, 9.17) is 9.84 Å². The van der Waals surface area contributed by atoms with Crippen molar-refractivity contribution in [2.24, 2.45) is 0 Å². The van der Waals surface area contributed by atoms with Gasteiger partial charge >= 0.3 is 0 Å². The Morgan fingerprint density at radius 1 is 1.62 bits per heavy atom. The van der Waals surface area contributed by atoms with Gasteiger partial charge < -0.3 is 9.84 Å². The average Bonchev–Trinajstić information content (AvgIpc) is 2.49. The van der Waals surface area contributed by atoms with Crippen LogP contribution in [0.25, 0.3) is 0 Å². The molecule has 0 aliphatic carbocycles. The van der Waals surface area contributed by atoms with Crippen LogP contribution in [-0.4, -0.2) is 34.9 Å². The highest BCUT2D eigenvalue weighted by atomic mass is 33.1. The van der Waals surface area contributed by atoms with Crippen molar-refractivity contribution in [1.29, 1.82) is 0 Å². The smallest absolute Gasteiger partial charge is 0.0702 e. The van der Waals surface area contributed by atoms with Gasteiger partial charge in [0.05, 0.1) is 17.5 Å². The molecule has 0 amide bonds. The summed E-state index contributed by atoms with van der Waals surface area (Å²) < 4.78 is 5.89. The van der Waals surface area contributed by atoms with Gasteiger partial charge in [0, 0.05) is 12.4 Å². The maximum absolute atomic E-state index is 8.70. The Bertz CT molecular complexity index is 155. The van der Waals surface area contributed by atoms with Gasteiger partial charge in [0.25, 0.3) is 0 Å². The van der Waals surface area contributed by atoms with E-state index in [0.29, 0.717) is 10.9 Å². The fraction of sp³-hybridized carbons (Fsp3) is 1.00. The number of aliphatic hydroxyl groups excluding tert-OH is 1. The first kappa shape index (κ1) is 11.7. The lowest BCUT2D eigenvalue weighted by Crippen LogP contribution is -2.30. The lowest BCUT2D eigenvalue weighted by molar-refractivity contribution is 0.112. The molecule has 2 nitrogen and oxygen atoms in total. The van der Waals surface area contributed by atoms with Crippen molar-refractivity contribution >= 4 is 21.6 Å². The molecule has 0 spiro atoms. The topological polar surface area (TPSA) is 29.5 Å². The monoisotopic (exact) mass is 222 g/mol. The molecule has 2 unspecified atom stereocenters. The number of ether oxygens (including phenoxy) is 1. The van der Waals surface area contributed by atoms with Gasteiger partial charge in [-0.1, -0.05) is 28.5 Å². The van der Waals surface area contributed by atoms with E-state index in [9.17, 15) is 0 Å². The van der Waals surface area contributed by atoms with Gasteiger partial charge in [0.15, 0.2) is 0 Å². The van der Waals surface area contributed by atoms with Crippen LogP contribution in [0, 0.1) is 0 Å². The number of aliphatic hydroxyl groups is 1. The van der Waals surface area contributed by atoms with Gasteiger partial charge in [0.1, 0.15) is 0 Å². The van der Waals surface area contributed by atoms with E-state index in [1.165, 1.54) is 0 Å². The Morgan fingerprint density at radius 2 is 2.38 bits per heavy atom. The zero-order valence-corrected chi connectivity index (χ0v) is 9.92. The number of hydrogen-bond donors (Lipinski definition) is 1. The SMILES string of the molecule is CCC1(SSCCO)CCOC1C. The largest absolute Gasteiger partial charge is 0.395 e. The highest BCUT2D eigenvalue weighted by molar-refractivity contribution is 8.77. The van der Waals surface area contributed by atoms with E-state index in [2.05, 4.69) is 13.8 Å². The van der Waals surface area contributed by atoms with E-state index in [1.54, 1.807) is 10.8 Å². The van der Waals surface area contributed by atoms with Crippen molar-refractivity contribution in [2.45, 2.75) is 37.5 Å². The highest BCUT2D eigenvalue weighted by Crippen LogP contribution is 2.47. The molecule has 13 heavy (non-hydrogen) atoms. The molecule has 1 fully saturated rings. The molecule has 2 atom stereocenters. The van der Waals surface area contributed by atoms with Crippen molar-refractivity contribution in [3.05, 3.63) is 0 Å². The predicted octanol–water partition coefficient (Wildman–Crippen LogP) is 2.32. The van der Waals surface area contributed by atoms with Gasteiger partial charge in [-0.25, -0.2) is 0 Å². The minimum absolute atomic E-state index is 0.271. The Kier molecular flexibility index (Phi) is 4.94. The van der Waals surface area contributed by atoms with E-state index < -0.39 is 0 Å². The van der Waals surface area contributed by atoms with E-state index in [0.717, 1.165) is 25.2 Å². The van der Waals surface area contributed by atoms with Gasteiger partial charge in [-0.05, 0) is 19.8 Å². The summed E-state index contributed by atoms with van der Waals surface area (Å²) in [6, 6.07) is 0. The second-order valence-electron chi connectivity index (χ2n) is 3.31. The second kappa shape index (κ2) is 5.49. The summed E-state index contributed by atoms with van der Waals surface area (Å²) in [5.41, 5.74) is 0. The average molecular weight is 222 g/mol. The third kappa shape index (κ3) is 2.78. The summed E-state index contributed by atoms with van der Waals surface area (Å²) in [6.45, 7) is 5.54. The molecule has 4 heteroatoms. The summed E-state index contributed by atoms with van der Waals surface area (Å²) in [4.78, 5) is 0. The molecule has 1 aliphatic heterocycles. The van der Waals surface area contributed by atoms with Crippen LogP contribution >= 0.6 is 21.6 Å². The van der Waals surface area contributed by atoms with Gasteiger partial charge in [-0.15, -0.1) is 0 Å². The Morgan fingerprint density at radius 3 is 2.85 bits per heavy atom. The zero-order valence-electron chi connectivity index (χ0n) is 8.28. The van der Waals surface area contributed by atoms with Crippen molar-refractivity contribution in [3.63, 3.8) is 0 Å². The quantitative estimate of drug-likeness (QED) is 0.571. The predicted molar refractivity (Wildman–Crippen MR) is 60.2 cm³/mol. The van der Waals surface area contributed by atoms with Crippen LogP contribution in [-0.2, 0) is 4.74 Å². The summed E-state index contributed by atoms with van der Waals surface area (Å²) in [6.07, 6.45) is 2.65. The van der Waals surface area contributed by atoms with Gasteiger partial charge in [-0.3, -0.25) is 0 Å². The third-order valence-electron chi connectivity index (χ3n) is 2.63. The fourth-order valence-corrected chi connectivity index (χ4v) is 4.66. The summed E-state index contributed by atoms with van der Waals surface area (Å²) in [5.74, 6) is 0.819.